The molecule has 1 aliphatic rings. The summed E-state index contributed by atoms with van der Waals surface area (Å²) in [5, 5.41) is 3.56. The summed E-state index contributed by atoms with van der Waals surface area (Å²) in [4.78, 5) is 12.3. The highest BCUT2D eigenvalue weighted by Gasteiger charge is 2.23. The molecule has 1 fully saturated rings. The van der Waals surface area contributed by atoms with Gasteiger partial charge in [-0.1, -0.05) is 36.3 Å². The molecule has 0 aliphatic heterocycles. The maximum absolute atomic E-state index is 12.3. The Hall–Kier alpha value is -1.50. The van der Waals surface area contributed by atoms with E-state index < -0.39 is 0 Å². The van der Waals surface area contributed by atoms with Crippen molar-refractivity contribution in [3.63, 3.8) is 0 Å². The summed E-state index contributed by atoms with van der Waals surface area (Å²) in [5.74, 6) is 6.16. The number of carbonyl (C=O) groups excluding carboxylic acids is 1. The molecule has 2 rings (SSSR count). The van der Waals surface area contributed by atoms with Crippen molar-refractivity contribution in [2.45, 2.75) is 38.6 Å². The second-order valence-corrected chi connectivity index (χ2v) is 5.91. The van der Waals surface area contributed by atoms with Crippen LogP contribution in [0, 0.1) is 17.8 Å². The van der Waals surface area contributed by atoms with Gasteiger partial charge in [-0.05, 0) is 43.9 Å². The van der Waals surface area contributed by atoms with E-state index in [1.807, 2.05) is 0 Å². The Morgan fingerprint density at radius 1 is 1.48 bits per heavy atom. The van der Waals surface area contributed by atoms with Gasteiger partial charge < -0.3 is 11.1 Å². The molecule has 1 atom stereocenters. The molecule has 1 unspecified atom stereocenters. The van der Waals surface area contributed by atoms with Gasteiger partial charge in [-0.25, -0.2) is 0 Å². The lowest BCUT2D eigenvalue weighted by Gasteiger charge is -2.20. The fourth-order valence-corrected chi connectivity index (χ4v) is 3.00. The van der Waals surface area contributed by atoms with Gasteiger partial charge >= 0.3 is 0 Å². The molecule has 0 heterocycles. The average molecular weight is 305 g/mol. The minimum Gasteiger partial charge on any atom is -0.349 e. The lowest BCUT2D eigenvalue weighted by atomic mass is 9.99. The van der Waals surface area contributed by atoms with E-state index in [9.17, 15) is 4.79 Å². The van der Waals surface area contributed by atoms with Crippen LogP contribution >= 0.6 is 11.6 Å². The molecule has 0 bridgehead atoms. The maximum atomic E-state index is 12.3. The molecule has 112 valence electrons. The van der Waals surface area contributed by atoms with Crippen LogP contribution in [0.15, 0.2) is 18.2 Å². The SMILES string of the molecule is CC(NC(=O)c1ccc(C#CCN)c(Cl)c1)C1CCCC1. The fourth-order valence-electron chi connectivity index (χ4n) is 2.77. The number of hydrogen-bond acceptors (Lipinski definition) is 2. The molecule has 1 aliphatic carbocycles. The first-order valence-corrected chi connectivity index (χ1v) is 7.79. The van der Waals surface area contributed by atoms with Crippen molar-refractivity contribution in [1.29, 1.82) is 0 Å². The third-order valence-corrected chi connectivity index (χ3v) is 4.33. The molecule has 0 saturated heterocycles. The minimum absolute atomic E-state index is 0.0744. The van der Waals surface area contributed by atoms with Crippen LogP contribution in [0.1, 0.15) is 48.5 Å². The molecule has 1 amide bonds. The van der Waals surface area contributed by atoms with Gasteiger partial charge in [0, 0.05) is 17.2 Å². The maximum Gasteiger partial charge on any atom is 0.251 e. The van der Waals surface area contributed by atoms with Crippen molar-refractivity contribution in [3.8, 4) is 11.8 Å². The van der Waals surface area contributed by atoms with Crippen LogP contribution in [-0.4, -0.2) is 18.5 Å². The van der Waals surface area contributed by atoms with E-state index in [0.29, 0.717) is 22.1 Å². The number of nitrogens with one attached hydrogen (secondary N) is 1. The molecule has 1 aromatic carbocycles. The lowest BCUT2D eigenvalue weighted by molar-refractivity contribution is 0.0927. The van der Waals surface area contributed by atoms with E-state index in [0.717, 1.165) is 0 Å². The first-order chi connectivity index (χ1) is 10.1. The minimum atomic E-state index is -0.0744. The van der Waals surface area contributed by atoms with Crippen LogP contribution in [0.4, 0.5) is 0 Å². The third kappa shape index (κ3) is 4.23. The van der Waals surface area contributed by atoms with Gasteiger partial charge in [-0.15, -0.1) is 0 Å². The van der Waals surface area contributed by atoms with Crippen LogP contribution in [-0.2, 0) is 0 Å². The van der Waals surface area contributed by atoms with Gasteiger partial charge in [0.25, 0.3) is 5.91 Å². The van der Waals surface area contributed by atoms with Gasteiger partial charge in [0.15, 0.2) is 0 Å². The Balaban J connectivity index is 2.03. The highest BCUT2D eigenvalue weighted by atomic mass is 35.5. The molecule has 3 nitrogen and oxygen atoms in total. The highest BCUT2D eigenvalue weighted by Crippen LogP contribution is 2.27. The predicted octanol–water partition coefficient (Wildman–Crippen LogP) is 2.96. The van der Waals surface area contributed by atoms with Gasteiger partial charge in [-0.3, -0.25) is 4.79 Å². The molecule has 1 aromatic rings. The molecular formula is C17H21ClN2O. The third-order valence-electron chi connectivity index (χ3n) is 4.02. The Morgan fingerprint density at radius 2 is 2.19 bits per heavy atom. The molecule has 1 saturated carbocycles. The van der Waals surface area contributed by atoms with E-state index in [4.69, 9.17) is 17.3 Å². The standard InChI is InChI=1S/C17H21ClN2O/c1-12(13-5-2-3-6-13)20-17(21)15-9-8-14(7-4-10-19)16(18)11-15/h8-9,11-13H,2-3,5-6,10,19H2,1H3,(H,20,21). The smallest absolute Gasteiger partial charge is 0.251 e. The lowest BCUT2D eigenvalue weighted by Crippen LogP contribution is -2.37. The second kappa shape index (κ2) is 7.49. The van der Waals surface area contributed by atoms with Crippen LogP contribution < -0.4 is 11.1 Å². The van der Waals surface area contributed by atoms with Crippen molar-refractivity contribution in [2.75, 3.05) is 6.54 Å². The molecular weight excluding hydrogens is 284 g/mol. The second-order valence-electron chi connectivity index (χ2n) is 5.51. The van der Waals surface area contributed by atoms with Crippen LogP contribution in [0.25, 0.3) is 0 Å². The zero-order chi connectivity index (χ0) is 15.2. The zero-order valence-corrected chi connectivity index (χ0v) is 13.0. The first kappa shape index (κ1) is 15.9. The Labute approximate surface area is 131 Å². The van der Waals surface area contributed by atoms with Crippen molar-refractivity contribution in [3.05, 3.63) is 34.3 Å². The molecule has 3 N–H and O–H groups in total. The largest absolute Gasteiger partial charge is 0.349 e. The number of rotatable bonds is 3. The zero-order valence-electron chi connectivity index (χ0n) is 12.3. The van der Waals surface area contributed by atoms with Crippen LogP contribution in [0.3, 0.4) is 0 Å². The topological polar surface area (TPSA) is 55.1 Å². The number of amides is 1. The van der Waals surface area contributed by atoms with Crippen molar-refractivity contribution < 1.29 is 4.79 Å². The van der Waals surface area contributed by atoms with E-state index in [1.165, 1.54) is 25.7 Å². The summed E-state index contributed by atoms with van der Waals surface area (Å²) in [7, 11) is 0. The predicted molar refractivity (Wildman–Crippen MR) is 86.3 cm³/mol. The molecule has 0 radical (unpaired) electrons. The number of hydrogen-bond donors (Lipinski definition) is 2. The van der Waals surface area contributed by atoms with Crippen molar-refractivity contribution in [2.24, 2.45) is 11.7 Å². The van der Waals surface area contributed by atoms with Crippen LogP contribution in [0.2, 0.25) is 5.02 Å². The summed E-state index contributed by atoms with van der Waals surface area (Å²) < 4.78 is 0. The summed E-state index contributed by atoms with van der Waals surface area (Å²) in [6.07, 6.45) is 4.95. The fraction of sp³-hybridized carbons (Fsp3) is 0.471. The number of halogens is 1. The number of carbonyl (C=O) groups is 1. The number of benzene rings is 1. The molecule has 21 heavy (non-hydrogen) atoms. The Kier molecular flexibility index (Phi) is 5.67. The first-order valence-electron chi connectivity index (χ1n) is 7.41. The average Bonchev–Trinajstić information content (AvgIpc) is 3.00. The van der Waals surface area contributed by atoms with E-state index >= 15 is 0 Å². The Morgan fingerprint density at radius 3 is 2.81 bits per heavy atom. The molecule has 4 heteroatoms. The summed E-state index contributed by atoms with van der Waals surface area (Å²) in [5.41, 5.74) is 6.61. The molecule has 0 aromatic heterocycles. The summed E-state index contributed by atoms with van der Waals surface area (Å²) in [6.45, 7) is 2.37. The van der Waals surface area contributed by atoms with Crippen LogP contribution in [0.5, 0.6) is 0 Å². The van der Waals surface area contributed by atoms with E-state index in [1.54, 1.807) is 18.2 Å². The van der Waals surface area contributed by atoms with Gasteiger partial charge in [0.1, 0.15) is 0 Å². The molecule has 0 spiro atoms. The van der Waals surface area contributed by atoms with E-state index in [2.05, 4.69) is 24.1 Å². The van der Waals surface area contributed by atoms with Crippen molar-refractivity contribution >= 4 is 17.5 Å². The quantitative estimate of drug-likeness (QED) is 0.844. The summed E-state index contributed by atoms with van der Waals surface area (Å²) >= 11 is 6.15. The van der Waals surface area contributed by atoms with Crippen molar-refractivity contribution in [1.82, 2.24) is 5.32 Å². The normalized spacial score (nSPS) is 16.1. The van der Waals surface area contributed by atoms with Gasteiger partial charge in [0.05, 0.1) is 11.6 Å². The summed E-state index contributed by atoms with van der Waals surface area (Å²) in [6, 6.07) is 5.39. The van der Waals surface area contributed by atoms with Gasteiger partial charge in [0.2, 0.25) is 0 Å². The van der Waals surface area contributed by atoms with E-state index in [-0.39, 0.29) is 18.5 Å². The Bertz CT molecular complexity index is 568. The highest BCUT2D eigenvalue weighted by molar-refractivity contribution is 6.32. The monoisotopic (exact) mass is 304 g/mol. The van der Waals surface area contributed by atoms with Gasteiger partial charge in [-0.2, -0.15) is 0 Å². The number of nitrogens with two attached hydrogens (primary N) is 1.